The average Bonchev–Trinajstić information content (AvgIpc) is 1.96. The molecule has 1 aromatic carbocycles. The average molecular weight is 283 g/mol. The summed E-state index contributed by atoms with van der Waals surface area (Å²) in [5.74, 6) is 0. The molecule has 60 valence electrons. The van der Waals surface area contributed by atoms with Crippen LogP contribution >= 0.6 is 34.2 Å². The highest BCUT2D eigenvalue weighted by molar-refractivity contribution is 14.1. The van der Waals surface area contributed by atoms with E-state index in [0.717, 1.165) is 3.57 Å². The van der Waals surface area contributed by atoms with E-state index in [-0.39, 0.29) is 6.61 Å². The minimum absolute atomic E-state index is 0.0671. The lowest BCUT2D eigenvalue weighted by atomic mass is 10.2. The van der Waals surface area contributed by atoms with E-state index in [1.54, 1.807) is 12.1 Å². The molecule has 0 bridgehead atoms. The molecule has 0 saturated carbocycles. The van der Waals surface area contributed by atoms with Crippen LogP contribution in [0, 0.1) is 3.57 Å². The molecule has 0 aromatic heterocycles. The Morgan fingerprint density at radius 1 is 1.55 bits per heavy atom. The second-order valence-corrected chi connectivity index (χ2v) is 3.72. The van der Waals surface area contributed by atoms with Crippen LogP contribution in [0.2, 0.25) is 5.02 Å². The molecular formula is C7H7ClINO. The minimum atomic E-state index is -0.0671. The molecule has 0 saturated heterocycles. The highest BCUT2D eigenvalue weighted by atomic mass is 127. The molecule has 3 N–H and O–H groups in total. The smallest absolute Gasteiger partial charge is 0.0702 e. The fraction of sp³-hybridized carbons (Fsp3) is 0.143. The van der Waals surface area contributed by atoms with Crippen LogP contribution in [0.25, 0.3) is 0 Å². The van der Waals surface area contributed by atoms with Crippen molar-refractivity contribution in [3.05, 3.63) is 26.3 Å². The summed E-state index contributed by atoms with van der Waals surface area (Å²) in [5, 5.41) is 9.43. The number of anilines is 1. The van der Waals surface area contributed by atoms with Crippen LogP contribution < -0.4 is 5.73 Å². The van der Waals surface area contributed by atoms with Gasteiger partial charge in [-0.25, -0.2) is 0 Å². The minimum Gasteiger partial charge on any atom is -0.398 e. The first-order chi connectivity index (χ1) is 5.15. The quantitative estimate of drug-likeness (QED) is 0.612. The molecule has 0 atom stereocenters. The maximum Gasteiger partial charge on any atom is 0.0702 e. The van der Waals surface area contributed by atoms with Crippen molar-refractivity contribution in [3.63, 3.8) is 0 Å². The summed E-state index contributed by atoms with van der Waals surface area (Å²) < 4.78 is 0.874. The molecule has 0 spiro atoms. The number of nitrogen functional groups attached to an aromatic ring is 1. The number of rotatable bonds is 1. The van der Waals surface area contributed by atoms with E-state index in [1.807, 2.05) is 0 Å². The number of hydrogen-bond acceptors (Lipinski definition) is 2. The molecule has 0 unspecified atom stereocenters. The highest BCUT2D eigenvalue weighted by Gasteiger charge is 2.03. The van der Waals surface area contributed by atoms with Crippen molar-refractivity contribution < 1.29 is 5.11 Å². The predicted molar refractivity (Wildman–Crippen MR) is 54.5 cm³/mol. The summed E-state index contributed by atoms with van der Waals surface area (Å²) in [6.07, 6.45) is 0. The Hall–Kier alpha value is -0.0000000000000000763. The number of aliphatic hydroxyl groups is 1. The van der Waals surface area contributed by atoms with Crippen molar-refractivity contribution in [1.29, 1.82) is 0 Å². The normalized spacial score (nSPS) is 10.1. The highest BCUT2D eigenvalue weighted by Crippen LogP contribution is 2.24. The van der Waals surface area contributed by atoms with Gasteiger partial charge in [-0.05, 0) is 34.7 Å². The molecule has 1 rings (SSSR count). The van der Waals surface area contributed by atoms with Crippen molar-refractivity contribution in [3.8, 4) is 0 Å². The Morgan fingerprint density at radius 3 is 2.73 bits per heavy atom. The van der Waals surface area contributed by atoms with Gasteiger partial charge in [-0.15, -0.1) is 0 Å². The Kier molecular flexibility index (Phi) is 2.98. The number of hydrogen-bond donors (Lipinski definition) is 2. The molecule has 1 aromatic rings. The number of halogens is 2. The van der Waals surface area contributed by atoms with Crippen molar-refractivity contribution in [1.82, 2.24) is 0 Å². The first kappa shape index (κ1) is 9.09. The van der Waals surface area contributed by atoms with E-state index in [2.05, 4.69) is 22.6 Å². The van der Waals surface area contributed by atoms with Gasteiger partial charge in [0.15, 0.2) is 0 Å². The lowest BCUT2D eigenvalue weighted by Crippen LogP contribution is -1.96. The van der Waals surface area contributed by atoms with Gasteiger partial charge in [-0.3, -0.25) is 0 Å². The van der Waals surface area contributed by atoms with E-state index in [0.29, 0.717) is 16.3 Å². The fourth-order valence-electron chi connectivity index (χ4n) is 0.769. The van der Waals surface area contributed by atoms with Gasteiger partial charge >= 0.3 is 0 Å². The zero-order valence-electron chi connectivity index (χ0n) is 5.64. The molecule has 4 heteroatoms. The van der Waals surface area contributed by atoms with Crippen LogP contribution in [-0.4, -0.2) is 5.11 Å². The molecular weight excluding hydrogens is 276 g/mol. The van der Waals surface area contributed by atoms with Crippen LogP contribution in [0.15, 0.2) is 12.1 Å². The van der Waals surface area contributed by atoms with Gasteiger partial charge in [0.1, 0.15) is 0 Å². The third kappa shape index (κ3) is 1.98. The zero-order valence-corrected chi connectivity index (χ0v) is 8.56. The number of aliphatic hydroxyl groups excluding tert-OH is 1. The predicted octanol–water partition coefficient (Wildman–Crippen LogP) is 2.02. The van der Waals surface area contributed by atoms with E-state index < -0.39 is 0 Å². The number of benzene rings is 1. The second-order valence-electron chi connectivity index (χ2n) is 2.12. The Balaban J connectivity index is 3.24. The van der Waals surface area contributed by atoms with Gasteiger partial charge in [-0.2, -0.15) is 0 Å². The van der Waals surface area contributed by atoms with Crippen LogP contribution in [-0.2, 0) is 6.61 Å². The molecule has 0 aliphatic carbocycles. The van der Waals surface area contributed by atoms with Crippen LogP contribution in [0.5, 0.6) is 0 Å². The van der Waals surface area contributed by atoms with Crippen LogP contribution in [0.1, 0.15) is 5.56 Å². The van der Waals surface area contributed by atoms with E-state index >= 15 is 0 Å². The molecule has 0 aliphatic rings. The zero-order chi connectivity index (χ0) is 8.43. The van der Waals surface area contributed by atoms with E-state index in [1.165, 1.54) is 0 Å². The Bertz CT molecular complexity index is 277. The molecule has 0 fully saturated rings. The van der Waals surface area contributed by atoms with Gasteiger partial charge in [0.05, 0.1) is 12.3 Å². The lowest BCUT2D eigenvalue weighted by molar-refractivity contribution is 0.282. The van der Waals surface area contributed by atoms with Crippen molar-refractivity contribution in [2.24, 2.45) is 0 Å². The van der Waals surface area contributed by atoms with Gasteiger partial charge in [-0.1, -0.05) is 11.6 Å². The molecule has 0 radical (unpaired) electrons. The van der Waals surface area contributed by atoms with Crippen molar-refractivity contribution in [2.75, 3.05) is 5.73 Å². The summed E-state index contributed by atoms with van der Waals surface area (Å²) in [6, 6.07) is 3.43. The van der Waals surface area contributed by atoms with Gasteiger partial charge < -0.3 is 10.8 Å². The molecule has 2 nitrogen and oxygen atoms in total. The summed E-state index contributed by atoms with van der Waals surface area (Å²) in [5.41, 5.74) is 6.93. The van der Waals surface area contributed by atoms with E-state index in [9.17, 15) is 0 Å². The third-order valence-corrected chi connectivity index (χ3v) is 2.46. The molecule has 11 heavy (non-hydrogen) atoms. The first-order valence-electron chi connectivity index (χ1n) is 2.99. The monoisotopic (exact) mass is 283 g/mol. The Morgan fingerprint density at radius 2 is 2.18 bits per heavy atom. The topological polar surface area (TPSA) is 46.2 Å². The van der Waals surface area contributed by atoms with Crippen molar-refractivity contribution in [2.45, 2.75) is 6.61 Å². The lowest BCUT2D eigenvalue weighted by Gasteiger charge is -2.04. The SMILES string of the molecule is Nc1c(I)cc(Cl)cc1CO. The van der Waals surface area contributed by atoms with Crippen LogP contribution in [0.3, 0.4) is 0 Å². The van der Waals surface area contributed by atoms with Gasteiger partial charge in [0, 0.05) is 14.2 Å². The summed E-state index contributed by atoms with van der Waals surface area (Å²) in [6.45, 7) is -0.0671. The maximum absolute atomic E-state index is 8.83. The Labute approximate surface area is 83.5 Å². The number of nitrogens with two attached hydrogens (primary N) is 1. The standard InChI is InChI=1S/C7H7ClINO/c8-5-1-4(3-11)7(10)6(9)2-5/h1-2,11H,3,10H2. The van der Waals surface area contributed by atoms with Gasteiger partial charge in [0.2, 0.25) is 0 Å². The van der Waals surface area contributed by atoms with E-state index in [4.69, 9.17) is 22.4 Å². The maximum atomic E-state index is 8.83. The summed E-state index contributed by atoms with van der Waals surface area (Å²) in [7, 11) is 0. The van der Waals surface area contributed by atoms with Crippen LogP contribution in [0.4, 0.5) is 5.69 Å². The molecule has 0 heterocycles. The molecule has 0 aliphatic heterocycles. The fourth-order valence-corrected chi connectivity index (χ4v) is 1.88. The third-order valence-electron chi connectivity index (χ3n) is 1.35. The largest absolute Gasteiger partial charge is 0.398 e. The summed E-state index contributed by atoms with van der Waals surface area (Å²) >= 11 is 7.81. The molecule has 0 amide bonds. The van der Waals surface area contributed by atoms with Crippen molar-refractivity contribution >= 4 is 39.9 Å². The second kappa shape index (κ2) is 3.60. The van der Waals surface area contributed by atoms with Gasteiger partial charge in [0.25, 0.3) is 0 Å². The summed E-state index contributed by atoms with van der Waals surface area (Å²) in [4.78, 5) is 0. The first-order valence-corrected chi connectivity index (χ1v) is 4.45.